The van der Waals surface area contributed by atoms with Crippen LogP contribution in [0.15, 0.2) is 48.9 Å². The molecule has 0 bridgehead atoms. The number of hydrogen-bond donors (Lipinski definition) is 4. The molecule has 0 aliphatic carbocycles. The van der Waals surface area contributed by atoms with Crippen molar-refractivity contribution in [3.8, 4) is 22.7 Å². The Balaban J connectivity index is 1.52. The molecule has 1 aliphatic rings. The lowest BCUT2D eigenvalue weighted by Gasteiger charge is -2.39. The Kier molecular flexibility index (Phi) is 5.75. The van der Waals surface area contributed by atoms with Gasteiger partial charge in [0.15, 0.2) is 0 Å². The second kappa shape index (κ2) is 8.46. The molecule has 0 spiro atoms. The van der Waals surface area contributed by atoms with E-state index in [1.54, 1.807) is 35.4 Å². The van der Waals surface area contributed by atoms with Gasteiger partial charge in [0.1, 0.15) is 35.9 Å². The van der Waals surface area contributed by atoms with Crippen LogP contribution in [0.3, 0.4) is 0 Å². The number of pyridine rings is 1. The summed E-state index contributed by atoms with van der Waals surface area (Å²) in [7, 11) is 0. The molecule has 5 atom stereocenters. The van der Waals surface area contributed by atoms with Crippen molar-refractivity contribution in [2.75, 3.05) is 6.61 Å². The van der Waals surface area contributed by atoms with Crippen molar-refractivity contribution < 1.29 is 29.9 Å². The monoisotopic (exact) mass is 414 g/mol. The molecule has 30 heavy (non-hydrogen) atoms. The lowest BCUT2D eigenvalue weighted by Crippen LogP contribution is -2.60. The minimum Gasteiger partial charge on any atom is -0.462 e. The van der Waals surface area contributed by atoms with E-state index in [0.717, 1.165) is 16.8 Å². The summed E-state index contributed by atoms with van der Waals surface area (Å²) < 4.78 is 12.7. The second-order valence-corrected chi connectivity index (χ2v) is 7.05. The molecule has 1 saturated heterocycles. The van der Waals surface area contributed by atoms with E-state index in [1.807, 2.05) is 25.1 Å². The molecule has 1 aromatic carbocycles. The highest BCUT2D eigenvalue weighted by Gasteiger charge is 2.44. The highest BCUT2D eigenvalue weighted by atomic mass is 16.7. The number of nitrogens with zero attached hydrogens (tertiary/aromatic N) is 4. The van der Waals surface area contributed by atoms with E-state index in [2.05, 4.69) is 15.3 Å². The van der Waals surface area contributed by atoms with Crippen LogP contribution in [0.4, 0.5) is 0 Å². The molecule has 10 nitrogen and oxygen atoms in total. The number of aromatic nitrogens is 4. The largest absolute Gasteiger partial charge is 0.462 e. The summed E-state index contributed by atoms with van der Waals surface area (Å²) >= 11 is 0. The third-order valence-corrected chi connectivity index (χ3v) is 4.97. The molecule has 1 fully saturated rings. The Morgan fingerprint density at radius 1 is 1.13 bits per heavy atom. The number of benzene rings is 1. The number of aliphatic hydroxyl groups excluding tert-OH is 4. The SMILES string of the molecule is Cc1cc(-n2cc(-c3cccnc3)nn2)ccc1OC1OC(CO)C(O)C(O)C1O. The fraction of sp³-hybridized carbons (Fsp3) is 0.350. The van der Waals surface area contributed by atoms with E-state index in [-0.39, 0.29) is 0 Å². The van der Waals surface area contributed by atoms with Crippen LogP contribution in [-0.2, 0) is 4.74 Å². The zero-order chi connectivity index (χ0) is 21.3. The maximum atomic E-state index is 10.1. The first-order valence-electron chi connectivity index (χ1n) is 9.39. The van der Waals surface area contributed by atoms with E-state index in [9.17, 15) is 20.4 Å². The van der Waals surface area contributed by atoms with Gasteiger partial charge >= 0.3 is 0 Å². The first kappa shape index (κ1) is 20.4. The molecular formula is C20H22N4O6. The third kappa shape index (κ3) is 3.91. The van der Waals surface area contributed by atoms with Gasteiger partial charge in [0.2, 0.25) is 6.29 Å². The van der Waals surface area contributed by atoms with Crippen LogP contribution in [0.2, 0.25) is 0 Å². The summed E-state index contributed by atoms with van der Waals surface area (Å²) in [6, 6.07) is 8.97. The van der Waals surface area contributed by atoms with Gasteiger partial charge in [0.05, 0.1) is 18.5 Å². The molecule has 3 aromatic rings. The molecule has 0 saturated carbocycles. The Hall–Kier alpha value is -2.89. The number of aryl methyl sites for hydroxylation is 1. The zero-order valence-electron chi connectivity index (χ0n) is 16.1. The maximum Gasteiger partial charge on any atom is 0.229 e. The number of aliphatic hydroxyl groups is 4. The Morgan fingerprint density at radius 2 is 1.97 bits per heavy atom. The van der Waals surface area contributed by atoms with Crippen LogP contribution in [-0.4, -0.2) is 77.7 Å². The highest BCUT2D eigenvalue weighted by Crippen LogP contribution is 2.28. The molecule has 2 aromatic heterocycles. The smallest absolute Gasteiger partial charge is 0.229 e. The van der Waals surface area contributed by atoms with Crippen LogP contribution in [0.1, 0.15) is 5.56 Å². The molecule has 0 radical (unpaired) electrons. The van der Waals surface area contributed by atoms with Gasteiger partial charge in [0.25, 0.3) is 0 Å². The molecule has 0 amide bonds. The lowest BCUT2D eigenvalue weighted by molar-refractivity contribution is -0.277. The lowest BCUT2D eigenvalue weighted by atomic mass is 9.99. The Morgan fingerprint density at radius 3 is 2.67 bits per heavy atom. The van der Waals surface area contributed by atoms with Crippen molar-refractivity contribution in [3.63, 3.8) is 0 Å². The van der Waals surface area contributed by atoms with Crippen LogP contribution < -0.4 is 4.74 Å². The molecule has 4 rings (SSSR count). The summed E-state index contributed by atoms with van der Waals surface area (Å²) in [5.74, 6) is 0.413. The van der Waals surface area contributed by atoms with Crippen molar-refractivity contribution in [1.29, 1.82) is 0 Å². The molecule has 5 unspecified atom stereocenters. The summed E-state index contributed by atoms with van der Waals surface area (Å²) in [4.78, 5) is 4.08. The molecular weight excluding hydrogens is 392 g/mol. The van der Waals surface area contributed by atoms with Gasteiger partial charge in [-0.15, -0.1) is 5.10 Å². The molecule has 4 N–H and O–H groups in total. The predicted molar refractivity (Wildman–Crippen MR) is 104 cm³/mol. The summed E-state index contributed by atoms with van der Waals surface area (Å²) in [6.07, 6.45) is -1.51. The van der Waals surface area contributed by atoms with E-state index >= 15 is 0 Å². The van der Waals surface area contributed by atoms with Gasteiger partial charge < -0.3 is 29.9 Å². The Bertz CT molecular complexity index is 996. The standard InChI is InChI=1S/C20H22N4O6/c1-11-7-13(24-9-14(22-23-24)12-3-2-6-21-8-12)4-5-15(11)29-20-19(28)18(27)17(26)16(10-25)30-20/h2-9,16-20,25-28H,10H2,1H3. The van der Waals surface area contributed by atoms with Crippen molar-refractivity contribution in [2.24, 2.45) is 0 Å². The number of ether oxygens (including phenoxy) is 2. The average molecular weight is 414 g/mol. The van der Waals surface area contributed by atoms with Gasteiger partial charge in [-0.2, -0.15) is 0 Å². The van der Waals surface area contributed by atoms with Crippen molar-refractivity contribution >= 4 is 0 Å². The fourth-order valence-electron chi connectivity index (χ4n) is 3.23. The van der Waals surface area contributed by atoms with Crippen molar-refractivity contribution in [2.45, 2.75) is 37.6 Å². The predicted octanol–water partition coefficient (Wildman–Crippen LogP) is -0.184. The number of rotatable bonds is 5. The fourth-order valence-corrected chi connectivity index (χ4v) is 3.23. The van der Waals surface area contributed by atoms with E-state index in [0.29, 0.717) is 11.4 Å². The maximum absolute atomic E-state index is 10.1. The second-order valence-electron chi connectivity index (χ2n) is 7.05. The molecule has 10 heteroatoms. The molecule has 3 heterocycles. The van der Waals surface area contributed by atoms with E-state index in [4.69, 9.17) is 9.47 Å². The minimum atomic E-state index is -1.50. The van der Waals surface area contributed by atoms with Gasteiger partial charge in [-0.25, -0.2) is 4.68 Å². The van der Waals surface area contributed by atoms with Crippen LogP contribution in [0.25, 0.3) is 16.9 Å². The minimum absolute atomic E-state index is 0.413. The Labute approximate surface area is 172 Å². The molecule has 158 valence electrons. The first-order chi connectivity index (χ1) is 14.5. The van der Waals surface area contributed by atoms with Crippen molar-refractivity contribution in [3.05, 3.63) is 54.5 Å². The normalized spacial score (nSPS) is 26.5. The average Bonchev–Trinajstić information content (AvgIpc) is 3.26. The first-order valence-corrected chi connectivity index (χ1v) is 9.39. The van der Waals surface area contributed by atoms with Crippen LogP contribution in [0, 0.1) is 6.92 Å². The number of hydrogen-bond acceptors (Lipinski definition) is 9. The summed E-state index contributed by atoms with van der Waals surface area (Å²) in [5.41, 5.74) is 3.00. The summed E-state index contributed by atoms with van der Waals surface area (Å²) in [6.45, 7) is 1.29. The van der Waals surface area contributed by atoms with Crippen LogP contribution in [0.5, 0.6) is 5.75 Å². The zero-order valence-corrected chi connectivity index (χ0v) is 16.1. The quantitative estimate of drug-likeness (QED) is 0.447. The van der Waals surface area contributed by atoms with E-state index in [1.165, 1.54) is 0 Å². The summed E-state index contributed by atoms with van der Waals surface area (Å²) in [5, 5.41) is 47.5. The van der Waals surface area contributed by atoms with E-state index < -0.39 is 37.3 Å². The molecule has 1 aliphatic heterocycles. The third-order valence-electron chi connectivity index (χ3n) is 4.97. The van der Waals surface area contributed by atoms with Gasteiger partial charge in [0, 0.05) is 18.0 Å². The van der Waals surface area contributed by atoms with Gasteiger partial charge in [-0.3, -0.25) is 4.98 Å². The highest BCUT2D eigenvalue weighted by molar-refractivity contribution is 5.56. The topological polar surface area (TPSA) is 143 Å². The van der Waals surface area contributed by atoms with Crippen molar-refractivity contribution in [1.82, 2.24) is 20.0 Å². The van der Waals surface area contributed by atoms with Gasteiger partial charge in [-0.05, 0) is 42.8 Å². The van der Waals surface area contributed by atoms with Gasteiger partial charge in [-0.1, -0.05) is 5.21 Å². The van der Waals surface area contributed by atoms with Crippen LogP contribution >= 0.6 is 0 Å².